The molecule has 2 rings (SSSR count). The number of nitriles is 1. The molecule has 0 saturated heterocycles. The average Bonchev–Trinajstić information content (AvgIpc) is 2.30. The van der Waals surface area contributed by atoms with Gasteiger partial charge in [-0.25, -0.2) is 9.97 Å². The maximum atomic E-state index is 8.60. The highest BCUT2D eigenvalue weighted by atomic mass is 35.5. The second-order valence-electron chi connectivity index (χ2n) is 3.19. The van der Waals surface area contributed by atoms with Crippen LogP contribution in [0.1, 0.15) is 5.82 Å². The van der Waals surface area contributed by atoms with Crippen LogP contribution in [0.25, 0.3) is 11.3 Å². The van der Waals surface area contributed by atoms with E-state index >= 15 is 0 Å². The van der Waals surface area contributed by atoms with Gasteiger partial charge in [0, 0.05) is 11.6 Å². The Labute approximate surface area is 98.4 Å². The van der Waals surface area contributed by atoms with Crippen LogP contribution in [0, 0.1) is 11.3 Å². The standard InChI is InChI=1S/C12H8ClN3/c13-11-8-10(9-4-2-1-3-5-9)15-12(16-11)6-7-14/h1-5,8H,6H2. The van der Waals surface area contributed by atoms with Crippen molar-refractivity contribution in [2.45, 2.75) is 6.42 Å². The number of aromatic nitrogens is 2. The van der Waals surface area contributed by atoms with Crippen molar-refractivity contribution in [3.63, 3.8) is 0 Å². The molecule has 0 aliphatic rings. The van der Waals surface area contributed by atoms with E-state index in [1.165, 1.54) is 0 Å². The summed E-state index contributed by atoms with van der Waals surface area (Å²) in [6.07, 6.45) is 0.167. The highest BCUT2D eigenvalue weighted by Crippen LogP contribution is 2.19. The molecule has 0 bridgehead atoms. The molecule has 0 amide bonds. The van der Waals surface area contributed by atoms with Crippen LogP contribution in [-0.4, -0.2) is 9.97 Å². The lowest BCUT2D eigenvalue weighted by molar-refractivity contribution is 1.000. The number of nitrogens with zero attached hydrogens (tertiary/aromatic N) is 3. The lowest BCUT2D eigenvalue weighted by Gasteiger charge is -2.02. The zero-order chi connectivity index (χ0) is 11.4. The van der Waals surface area contributed by atoms with Gasteiger partial charge in [0.2, 0.25) is 0 Å². The number of hydrogen-bond donors (Lipinski definition) is 0. The molecule has 0 spiro atoms. The second kappa shape index (κ2) is 4.73. The zero-order valence-corrected chi connectivity index (χ0v) is 9.15. The second-order valence-corrected chi connectivity index (χ2v) is 3.58. The topological polar surface area (TPSA) is 49.6 Å². The van der Waals surface area contributed by atoms with E-state index in [-0.39, 0.29) is 6.42 Å². The minimum Gasteiger partial charge on any atom is -0.232 e. The fourth-order valence-corrected chi connectivity index (χ4v) is 1.57. The molecule has 0 fully saturated rings. The van der Waals surface area contributed by atoms with Crippen molar-refractivity contribution in [1.82, 2.24) is 9.97 Å². The summed E-state index contributed by atoms with van der Waals surface area (Å²) >= 11 is 5.88. The molecule has 78 valence electrons. The van der Waals surface area contributed by atoms with Crippen molar-refractivity contribution in [2.24, 2.45) is 0 Å². The van der Waals surface area contributed by atoms with Crippen LogP contribution in [0.4, 0.5) is 0 Å². The fraction of sp³-hybridized carbons (Fsp3) is 0.0833. The third-order valence-electron chi connectivity index (χ3n) is 2.05. The molecule has 0 radical (unpaired) electrons. The molecule has 2 aromatic rings. The molecule has 0 aliphatic carbocycles. The molecule has 3 nitrogen and oxygen atoms in total. The van der Waals surface area contributed by atoms with E-state index < -0.39 is 0 Å². The van der Waals surface area contributed by atoms with Gasteiger partial charge in [0.1, 0.15) is 11.0 Å². The van der Waals surface area contributed by atoms with Gasteiger partial charge < -0.3 is 0 Å². The molecule has 0 N–H and O–H groups in total. The normalized spacial score (nSPS) is 9.75. The molecule has 0 atom stereocenters. The predicted octanol–water partition coefficient (Wildman–Crippen LogP) is 2.86. The van der Waals surface area contributed by atoms with E-state index in [1.54, 1.807) is 6.07 Å². The first-order valence-corrected chi connectivity index (χ1v) is 5.13. The Morgan fingerprint density at radius 2 is 1.94 bits per heavy atom. The third kappa shape index (κ3) is 2.36. The Morgan fingerprint density at radius 1 is 1.19 bits per heavy atom. The van der Waals surface area contributed by atoms with E-state index in [2.05, 4.69) is 9.97 Å². The van der Waals surface area contributed by atoms with Gasteiger partial charge in [-0.3, -0.25) is 0 Å². The molecule has 0 saturated carbocycles. The summed E-state index contributed by atoms with van der Waals surface area (Å²) in [7, 11) is 0. The average molecular weight is 230 g/mol. The first-order valence-electron chi connectivity index (χ1n) is 4.75. The smallest absolute Gasteiger partial charge is 0.144 e. The summed E-state index contributed by atoms with van der Waals surface area (Å²) in [4.78, 5) is 8.26. The Bertz CT molecular complexity index is 532. The Balaban J connectivity index is 2.46. The van der Waals surface area contributed by atoms with Crippen molar-refractivity contribution >= 4 is 11.6 Å². The lowest BCUT2D eigenvalue weighted by atomic mass is 10.1. The summed E-state index contributed by atoms with van der Waals surface area (Å²) in [5.74, 6) is 0.453. The fourth-order valence-electron chi connectivity index (χ4n) is 1.37. The van der Waals surface area contributed by atoms with Crippen molar-refractivity contribution in [2.75, 3.05) is 0 Å². The zero-order valence-electron chi connectivity index (χ0n) is 8.39. The number of halogens is 1. The lowest BCUT2D eigenvalue weighted by Crippen LogP contribution is -1.96. The van der Waals surface area contributed by atoms with Gasteiger partial charge >= 0.3 is 0 Å². The van der Waals surface area contributed by atoms with Crippen molar-refractivity contribution < 1.29 is 0 Å². The first-order chi connectivity index (χ1) is 7.79. The molecule has 0 aliphatic heterocycles. The van der Waals surface area contributed by atoms with Crippen LogP contribution < -0.4 is 0 Å². The summed E-state index contributed by atoms with van der Waals surface area (Å²) in [5.41, 5.74) is 1.71. The summed E-state index contributed by atoms with van der Waals surface area (Å²) in [6.45, 7) is 0. The summed E-state index contributed by atoms with van der Waals surface area (Å²) in [5, 5.41) is 8.96. The molecular weight excluding hydrogens is 222 g/mol. The van der Waals surface area contributed by atoms with Crippen molar-refractivity contribution in [3.05, 3.63) is 47.4 Å². The first kappa shape index (κ1) is 10.6. The van der Waals surface area contributed by atoms with Crippen molar-refractivity contribution in [3.8, 4) is 17.3 Å². The molecular formula is C12H8ClN3. The Kier molecular flexibility index (Phi) is 3.13. The largest absolute Gasteiger partial charge is 0.232 e. The van der Waals surface area contributed by atoms with E-state index in [1.807, 2.05) is 36.4 Å². The monoisotopic (exact) mass is 229 g/mol. The van der Waals surface area contributed by atoms with Crippen LogP contribution in [0.2, 0.25) is 5.15 Å². The molecule has 0 unspecified atom stereocenters. The number of benzene rings is 1. The quantitative estimate of drug-likeness (QED) is 0.744. The third-order valence-corrected chi connectivity index (χ3v) is 2.24. The highest BCUT2D eigenvalue weighted by molar-refractivity contribution is 6.29. The van der Waals surface area contributed by atoms with Crippen LogP contribution in [0.3, 0.4) is 0 Å². The van der Waals surface area contributed by atoms with Crippen molar-refractivity contribution in [1.29, 1.82) is 5.26 Å². The van der Waals surface area contributed by atoms with E-state index in [0.717, 1.165) is 11.3 Å². The molecule has 1 aromatic carbocycles. The summed E-state index contributed by atoms with van der Waals surface area (Å²) in [6, 6.07) is 13.4. The Morgan fingerprint density at radius 3 is 2.62 bits per heavy atom. The van der Waals surface area contributed by atoms with Gasteiger partial charge in [-0.2, -0.15) is 5.26 Å². The minimum absolute atomic E-state index is 0.167. The van der Waals surface area contributed by atoms with Crippen LogP contribution in [0.15, 0.2) is 36.4 Å². The summed E-state index contributed by atoms with van der Waals surface area (Å²) < 4.78 is 0. The maximum absolute atomic E-state index is 8.60. The van der Waals surface area contributed by atoms with Gasteiger partial charge in [0.25, 0.3) is 0 Å². The number of rotatable bonds is 2. The maximum Gasteiger partial charge on any atom is 0.144 e. The molecule has 1 heterocycles. The molecule has 16 heavy (non-hydrogen) atoms. The SMILES string of the molecule is N#CCc1nc(Cl)cc(-c2ccccc2)n1. The van der Waals surface area contributed by atoms with Gasteiger partial charge in [0.15, 0.2) is 0 Å². The van der Waals surface area contributed by atoms with Crippen LogP contribution >= 0.6 is 11.6 Å². The van der Waals surface area contributed by atoms with Crippen LogP contribution in [0.5, 0.6) is 0 Å². The van der Waals surface area contributed by atoms with E-state index in [0.29, 0.717) is 11.0 Å². The highest BCUT2D eigenvalue weighted by Gasteiger charge is 2.04. The van der Waals surface area contributed by atoms with E-state index in [4.69, 9.17) is 16.9 Å². The van der Waals surface area contributed by atoms with Gasteiger partial charge in [-0.1, -0.05) is 41.9 Å². The minimum atomic E-state index is 0.167. The van der Waals surface area contributed by atoms with Gasteiger partial charge in [0.05, 0.1) is 18.2 Å². The Hall–Kier alpha value is -1.92. The number of hydrogen-bond acceptors (Lipinski definition) is 3. The molecule has 4 heteroatoms. The van der Waals surface area contributed by atoms with Gasteiger partial charge in [-0.05, 0) is 0 Å². The van der Waals surface area contributed by atoms with Crippen LogP contribution in [-0.2, 0) is 6.42 Å². The van der Waals surface area contributed by atoms with E-state index in [9.17, 15) is 0 Å². The van der Waals surface area contributed by atoms with Gasteiger partial charge in [-0.15, -0.1) is 0 Å². The molecule has 1 aromatic heterocycles. The predicted molar refractivity (Wildman–Crippen MR) is 61.8 cm³/mol.